The molecule has 1 heterocycles. The molecule has 0 aliphatic heterocycles. The van der Waals surface area contributed by atoms with E-state index in [9.17, 15) is 0 Å². The standard InChI is InChI=1S/C22H35N5O3.HI/c1-9-23-22(25-14(2)10-18-15(3)26-27(5)16(18)4)24-13-17-11-19(28-6)21(30-8)20(12-17)29-7;/h11-12,14H,9-10,13H2,1-8H3,(H2,23,24,25);1H. The maximum absolute atomic E-state index is 5.44. The molecule has 0 bridgehead atoms. The Morgan fingerprint density at radius 3 is 2.19 bits per heavy atom. The normalized spacial score (nSPS) is 12.1. The second kappa shape index (κ2) is 12.6. The Morgan fingerprint density at radius 1 is 1.13 bits per heavy atom. The van der Waals surface area contributed by atoms with Crippen molar-refractivity contribution in [2.45, 2.75) is 46.7 Å². The van der Waals surface area contributed by atoms with Gasteiger partial charge in [-0.3, -0.25) is 4.68 Å². The molecule has 2 rings (SSSR count). The minimum atomic E-state index is 0. The van der Waals surface area contributed by atoms with Crippen molar-refractivity contribution in [1.82, 2.24) is 20.4 Å². The van der Waals surface area contributed by atoms with E-state index < -0.39 is 0 Å². The number of ether oxygens (including phenoxy) is 3. The van der Waals surface area contributed by atoms with Crippen molar-refractivity contribution in [1.29, 1.82) is 0 Å². The molecule has 2 aromatic rings. The molecule has 0 fully saturated rings. The fraction of sp³-hybridized carbons (Fsp3) is 0.545. The van der Waals surface area contributed by atoms with Gasteiger partial charge in [-0.15, -0.1) is 24.0 Å². The van der Waals surface area contributed by atoms with Gasteiger partial charge in [0.2, 0.25) is 5.75 Å². The molecule has 0 saturated carbocycles. The summed E-state index contributed by atoms with van der Waals surface area (Å²) in [5.74, 6) is 2.58. The molecule has 0 radical (unpaired) electrons. The fourth-order valence-corrected chi connectivity index (χ4v) is 3.42. The summed E-state index contributed by atoms with van der Waals surface area (Å²) < 4.78 is 18.2. The highest BCUT2D eigenvalue weighted by Gasteiger charge is 2.15. The van der Waals surface area contributed by atoms with Crippen LogP contribution in [-0.2, 0) is 20.0 Å². The predicted molar refractivity (Wildman–Crippen MR) is 135 cm³/mol. The second-order valence-corrected chi connectivity index (χ2v) is 7.25. The van der Waals surface area contributed by atoms with Gasteiger partial charge in [-0.25, -0.2) is 4.99 Å². The van der Waals surface area contributed by atoms with E-state index in [0.29, 0.717) is 23.8 Å². The number of halogens is 1. The maximum atomic E-state index is 5.44. The Labute approximate surface area is 202 Å². The summed E-state index contributed by atoms with van der Waals surface area (Å²) in [5, 5.41) is 11.3. The summed E-state index contributed by atoms with van der Waals surface area (Å²) in [7, 11) is 6.80. The van der Waals surface area contributed by atoms with E-state index in [0.717, 1.165) is 30.2 Å². The van der Waals surface area contributed by atoms with E-state index in [1.807, 2.05) is 23.9 Å². The predicted octanol–water partition coefficient (Wildman–Crippen LogP) is 3.37. The van der Waals surface area contributed by atoms with Crippen LogP contribution in [0.5, 0.6) is 17.2 Å². The summed E-state index contributed by atoms with van der Waals surface area (Å²) in [5.41, 5.74) is 4.51. The zero-order valence-corrected chi connectivity index (χ0v) is 22.2. The lowest BCUT2D eigenvalue weighted by atomic mass is 10.1. The van der Waals surface area contributed by atoms with Crippen LogP contribution in [0.15, 0.2) is 17.1 Å². The Bertz CT molecular complexity index is 857. The van der Waals surface area contributed by atoms with Gasteiger partial charge in [0.15, 0.2) is 17.5 Å². The molecule has 1 aromatic carbocycles. The van der Waals surface area contributed by atoms with Crippen LogP contribution in [0, 0.1) is 13.8 Å². The average Bonchev–Trinajstić information content (AvgIpc) is 2.97. The first-order chi connectivity index (χ1) is 14.3. The first-order valence-corrected chi connectivity index (χ1v) is 10.2. The van der Waals surface area contributed by atoms with Crippen LogP contribution >= 0.6 is 24.0 Å². The van der Waals surface area contributed by atoms with Crippen LogP contribution in [0.1, 0.15) is 36.4 Å². The quantitative estimate of drug-likeness (QED) is 0.286. The molecule has 1 aromatic heterocycles. The van der Waals surface area contributed by atoms with E-state index in [2.05, 4.69) is 43.4 Å². The molecular formula is C22H36IN5O3. The van der Waals surface area contributed by atoms with Gasteiger partial charge in [-0.1, -0.05) is 0 Å². The Morgan fingerprint density at radius 2 is 1.74 bits per heavy atom. The van der Waals surface area contributed by atoms with Gasteiger partial charge in [-0.2, -0.15) is 5.10 Å². The molecule has 9 heteroatoms. The Balaban J connectivity index is 0.00000480. The topological polar surface area (TPSA) is 81.9 Å². The van der Waals surface area contributed by atoms with Gasteiger partial charge in [0.05, 0.1) is 33.6 Å². The molecule has 1 unspecified atom stereocenters. The molecule has 0 amide bonds. The number of hydrogen-bond acceptors (Lipinski definition) is 5. The van der Waals surface area contributed by atoms with Gasteiger partial charge in [0.25, 0.3) is 0 Å². The highest BCUT2D eigenvalue weighted by Crippen LogP contribution is 2.38. The van der Waals surface area contributed by atoms with Crippen LogP contribution in [0.4, 0.5) is 0 Å². The first kappa shape index (κ1) is 26.9. The average molecular weight is 545 g/mol. The van der Waals surface area contributed by atoms with Crippen molar-refractivity contribution >= 4 is 29.9 Å². The van der Waals surface area contributed by atoms with E-state index in [1.165, 1.54) is 11.3 Å². The number of benzene rings is 1. The van der Waals surface area contributed by atoms with E-state index in [1.54, 1.807) is 21.3 Å². The Hall–Kier alpha value is -2.17. The molecule has 8 nitrogen and oxygen atoms in total. The van der Waals surface area contributed by atoms with Crippen molar-refractivity contribution in [2.75, 3.05) is 27.9 Å². The summed E-state index contributed by atoms with van der Waals surface area (Å²) in [6, 6.07) is 4.03. The van der Waals surface area contributed by atoms with Crippen molar-refractivity contribution in [2.24, 2.45) is 12.0 Å². The molecular weight excluding hydrogens is 509 g/mol. The SMILES string of the molecule is CCNC(=NCc1cc(OC)c(OC)c(OC)c1)NC(C)Cc1c(C)nn(C)c1C.I. The number of rotatable bonds is 9. The van der Waals surface area contributed by atoms with Crippen molar-refractivity contribution in [3.8, 4) is 17.2 Å². The van der Waals surface area contributed by atoms with Gasteiger partial charge in [-0.05, 0) is 57.4 Å². The summed E-state index contributed by atoms with van der Waals surface area (Å²) >= 11 is 0. The number of guanidine groups is 1. The number of aryl methyl sites for hydroxylation is 2. The van der Waals surface area contributed by atoms with Crippen LogP contribution in [0.25, 0.3) is 0 Å². The molecule has 0 saturated heterocycles. The highest BCUT2D eigenvalue weighted by molar-refractivity contribution is 14.0. The lowest BCUT2D eigenvalue weighted by molar-refractivity contribution is 0.324. The van der Waals surface area contributed by atoms with Crippen LogP contribution in [0.3, 0.4) is 0 Å². The van der Waals surface area contributed by atoms with Gasteiger partial charge < -0.3 is 24.8 Å². The molecule has 0 aliphatic carbocycles. The monoisotopic (exact) mass is 545 g/mol. The van der Waals surface area contributed by atoms with Crippen LogP contribution in [-0.4, -0.2) is 49.7 Å². The van der Waals surface area contributed by atoms with E-state index in [4.69, 9.17) is 19.2 Å². The molecule has 0 spiro atoms. The summed E-state index contributed by atoms with van der Waals surface area (Å²) in [6.07, 6.45) is 0.875. The van der Waals surface area contributed by atoms with Gasteiger partial charge >= 0.3 is 0 Å². The van der Waals surface area contributed by atoms with Crippen molar-refractivity contribution < 1.29 is 14.2 Å². The molecule has 31 heavy (non-hydrogen) atoms. The third-order valence-corrected chi connectivity index (χ3v) is 5.04. The number of hydrogen-bond donors (Lipinski definition) is 2. The van der Waals surface area contributed by atoms with Gasteiger partial charge in [0.1, 0.15) is 0 Å². The lowest BCUT2D eigenvalue weighted by Gasteiger charge is -2.18. The van der Waals surface area contributed by atoms with Crippen LogP contribution in [0.2, 0.25) is 0 Å². The van der Waals surface area contributed by atoms with E-state index >= 15 is 0 Å². The smallest absolute Gasteiger partial charge is 0.203 e. The van der Waals surface area contributed by atoms with Gasteiger partial charge in [0, 0.05) is 25.3 Å². The summed E-state index contributed by atoms with van der Waals surface area (Å²) in [6.45, 7) is 9.61. The maximum Gasteiger partial charge on any atom is 0.203 e. The molecule has 2 N–H and O–H groups in total. The minimum Gasteiger partial charge on any atom is -0.493 e. The third kappa shape index (κ3) is 6.91. The number of methoxy groups -OCH3 is 3. The van der Waals surface area contributed by atoms with Crippen molar-refractivity contribution in [3.05, 3.63) is 34.6 Å². The molecule has 174 valence electrons. The number of aromatic nitrogens is 2. The number of aliphatic imine (C=N–C) groups is 1. The van der Waals surface area contributed by atoms with Crippen molar-refractivity contribution in [3.63, 3.8) is 0 Å². The third-order valence-electron chi connectivity index (χ3n) is 5.04. The Kier molecular flexibility index (Phi) is 10.9. The lowest BCUT2D eigenvalue weighted by Crippen LogP contribution is -2.43. The zero-order chi connectivity index (χ0) is 22.3. The molecule has 0 aliphatic rings. The van der Waals surface area contributed by atoms with Crippen LogP contribution < -0.4 is 24.8 Å². The van der Waals surface area contributed by atoms with E-state index in [-0.39, 0.29) is 30.0 Å². The zero-order valence-electron chi connectivity index (χ0n) is 19.8. The summed E-state index contributed by atoms with van der Waals surface area (Å²) in [4.78, 5) is 4.74. The second-order valence-electron chi connectivity index (χ2n) is 7.25. The largest absolute Gasteiger partial charge is 0.493 e. The first-order valence-electron chi connectivity index (χ1n) is 10.2. The fourth-order valence-electron chi connectivity index (χ4n) is 3.42. The number of nitrogens with zero attached hydrogens (tertiary/aromatic N) is 3. The number of nitrogens with one attached hydrogen (secondary N) is 2. The molecule has 1 atom stereocenters. The highest BCUT2D eigenvalue weighted by atomic mass is 127. The minimum absolute atomic E-state index is 0.